The van der Waals surface area contributed by atoms with Crippen LogP contribution in [0.3, 0.4) is 0 Å². The molecule has 2 aliphatic rings. The van der Waals surface area contributed by atoms with Gasteiger partial charge in [-0.15, -0.1) is 0 Å². The number of aromatic nitrogens is 1. The maximum atomic E-state index is 13.1. The highest BCUT2D eigenvalue weighted by Gasteiger charge is 2.43. The molecular formula is C29H37FN4O2. The fourth-order valence-corrected chi connectivity index (χ4v) is 3.87. The number of nitriles is 1. The molecule has 3 rings (SSSR count). The van der Waals surface area contributed by atoms with Crippen molar-refractivity contribution in [3.63, 3.8) is 0 Å². The molecular weight excluding hydrogens is 455 g/mol. The minimum Gasteiger partial charge on any atom is -0.378 e. The molecule has 1 aliphatic heterocycles. The number of pyridine rings is 1. The van der Waals surface area contributed by atoms with Crippen molar-refractivity contribution < 1.29 is 14.0 Å². The van der Waals surface area contributed by atoms with Crippen LogP contribution in [0.25, 0.3) is 6.08 Å². The number of allylic oxidation sites excluding steroid dienone is 5. The van der Waals surface area contributed by atoms with E-state index in [2.05, 4.69) is 21.7 Å². The lowest BCUT2D eigenvalue weighted by atomic mass is 9.88. The molecule has 0 radical (unpaired) electrons. The largest absolute Gasteiger partial charge is 0.378 e. The summed E-state index contributed by atoms with van der Waals surface area (Å²) in [6.45, 7) is 11.8. The Kier molecular flexibility index (Phi) is 10.8. The van der Waals surface area contributed by atoms with E-state index in [0.29, 0.717) is 24.2 Å². The van der Waals surface area contributed by atoms with Crippen LogP contribution in [0, 0.1) is 24.2 Å². The molecule has 0 spiro atoms. The monoisotopic (exact) mass is 492 g/mol. The second-order valence-electron chi connectivity index (χ2n) is 8.74. The van der Waals surface area contributed by atoms with Gasteiger partial charge in [0.15, 0.2) is 5.78 Å². The molecule has 1 aromatic heterocycles. The molecule has 1 fully saturated rings. The predicted octanol–water partition coefficient (Wildman–Crippen LogP) is 6.13. The molecule has 0 saturated heterocycles. The quantitative estimate of drug-likeness (QED) is 0.319. The van der Waals surface area contributed by atoms with Gasteiger partial charge in [-0.25, -0.2) is 9.37 Å². The number of halogens is 1. The van der Waals surface area contributed by atoms with Crippen molar-refractivity contribution in [1.82, 2.24) is 10.3 Å². The molecule has 6 nitrogen and oxygen atoms in total. The molecule has 0 aromatic carbocycles. The summed E-state index contributed by atoms with van der Waals surface area (Å²) in [5.74, 6) is -0.432. The first-order valence-electron chi connectivity index (χ1n) is 12.7. The number of hydrogen-bond donors (Lipinski definition) is 2. The first-order valence-corrected chi connectivity index (χ1v) is 12.7. The first-order chi connectivity index (χ1) is 17.3. The van der Waals surface area contributed by atoms with E-state index in [1.54, 1.807) is 18.5 Å². The third-order valence-electron chi connectivity index (χ3n) is 5.95. The topological polar surface area (TPSA) is 94.9 Å². The van der Waals surface area contributed by atoms with Crippen molar-refractivity contribution >= 4 is 23.6 Å². The fourth-order valence-electron chi connectivity index (χ4n) is 3.87. The summed E-state index contributed by atoms with van der Waals surface area (Å²) in [5, 5.41) is 15.7. The predicted molar refractivity (Wildman–Crippen MR) is 143 cm³/mol. The Morgan fingerprint density at radius 3 is 2.53 bits per heavy atom. The van der Waals surface area contributed by atoms with Gasteiger partial charge in [0.25, 0.3) is 0 Å². The number of nitrogens with one attached hydrogen (secondary N) is 2. The van der Waals surface area contributed by atoms with Crippen LogP contribution < -0.4 is 10.6 Å². The summed E-state index contributed by atoms with van der Waals surface area (Å²) >= 11 is 0. The standard InChI is InChI=1S/C27H31FN4O2.C2H6/c1-5-7-18(13-29)20(22-15-30-24(9-17(22)4)25(33)8-6-2)11-19-14-31-26(10-16(19)3)32-27(34)21-12-23(21)28;1-2/h7,9-11,14-15,21,23-24,30H,5-6,8,12H2,1-4H3,(H,31,32,34);1-2H3/b18-7+,20-11+;. The minimum absolute atomic E-state index is 0.134. The van der Waals surface area contributed by atoms with E-state index >= 15 is 0 Å². The number of amides is 1. The van der Waals surface area contributed by atoms with Crippen molar-refractivity contribution in [2.45, 2.75) is 79.4 Å². The first kappa shape index (κ1) is 28.7. The van der Waals surface area contributed by atoms with Gasteiger partial charge in [0.1, 0.15) is 18.0 Å². The Bertz CT molecular complexity index is 1140. The Morgan fingerprint density at radius 1 is 1.31 bits per heavy atom. The zero-order valence-corrected chi connectivity index (χ0v) is 22.1. The number of aryl methyl sites for hydroxylation is 1. The van der Waals surface area contributed by atoms with Crippen LogP contribution in [0.4, 0.5) is 10.2 Å². The van der Waals surface area contributed by atoms with Crippen LogP contribution in [0.5, 0.6) is 0 Å². The Hall–Kier alpha value is -3.53. The lowest BCUT2D eigenvalue weighted by Crippen LogP contribution is -2.34. The lowest BCUT2D eigenvalue weighted by Gasteiger charge is -2.23. The van der Waals surface area contributed by atoms with Crippen LogP contribution in [0.1, 0.15) is 71.4 Å². The van der Waals surface area contributed by atoms with Gasteiger partial charge in [0.2, 0.25) is 5.91 Å². The van der Waals surface area contributed by atoms with Crippen molar-refractivity contribution in [1.29, 1.82) is 5.26 Å². The van der Waals surface area contributed by atoms with Crippen LogP contribution in [0.2, 0.25) is 0 Å². The summed E-state index contributed by atoms with van der Waals surface area (Å²) in [5.41, 5.74) is 4.65. The van der Waals surface area contributed by atoms with Gasteiger partial charge < -0.3 is 10.6 Å². The zero-order valence-electron chi connectivity index (χ0n) is 22.1. The SMILES string of the molecule is CC.CC/C=C(C#N)/C(=C\c1cnc(NC(=O)C2CC2F)cc1C)C1=CNC(C(=O)CCC)C=C1C. The lowest BCUT2D eigenvalue weighted by molar-refractivity contribution is -0.120. The minimum atomic E-state index is -1.06. The average molecular weight is 493 g/mol. The van der Waals surface area contributed by atoms with Crippen molar-refractivity contribution in [3.8, 4) is 6.07 Å². The Morgan fingerprint density at radius 2 is 2.00 bits per heavy atom. The normalized spacial score (nSPS) is 21.1. The van der Waals surface area contributed by atoms with Crippen LogP contribution in [-0.2, 0) is 9.59 Å². The smallest absolute Gasteiger partial charge is 0.231 e. The molecule has 1 amide bonds. The fraction of sp³-hybridized carbons (Fsp3) is 0.448. The highest BCUT2D eigenvalue weighted by Crippen LogP contribution is 2.35. The van der Waals surface area contributed by atoms with Gasteiger partial charge in [-0.3, -0.25) is 9.59 Å². The summed E-state index contributed by atoms with van der Waals surface area (Å²) in [6.07, 6.45) is 10.3. The zero-order chi connectivity index (χ0) is 26.8. The molecule has 2 heterocycles. The highest BCUT2D eigenvalue weighted by atomic mass is 19.1. The van der Waals surface area contributed by atoms with E-state index in [1.165, 1.54) is 0 Å². The summed E-state index contributed by atoms with van der Waals surface area (Å²) in [7, 11) is 0. The number of carbonyl (C=O) groups is 2. The molecule has 3 atom stereocenters. The molecule has 2 N–H and O–H groups in total. The maximum absolute atomic E-state index is 13.1. The molecule has 36 heavy (non-hydrogen) atoms. The number of dihydropyridines is 1. The molecule has 192 valence electrons. The number of nitrogens with zero attached hydrogens (tertiary/aromatic N) is 2. The molecule has 1 saturated carbocycles. The van der Waals surface area contributed by atoms with Crippen LogP contribution in [0.15, 0.2) is 52.9 Å². The summed E-state index contributed by atoms with van der Waals surface area (Å²) in [6, 6.07) is 3.66. The second-order valence-corrected chi connectivity index (χ2v) is 8.74. The molecule has 1 aromatic rings. The maximum Gasteiger partial charge on any atom is 0.231 e. The van der Waals surface area contributed by atoms with Crippen LogP contribution >= 0.6 is 0 Å². The number of hydrogen-bond acceptors (Lipinski definition) is 5. The third kappa shape index (κ3) is 7.24. The van der Waals surface area contributed by atoms with Crippen LogP contribution in [-0.4, -0.2) is 28.9 Å². The van der Waals surface area contributed by atoms with Gasteiger partial charge in [-0.1, -0.05) is 39.8 Å². The van der Waals surface area contributed by atoms with Gasteiger partial charge in [0.05, 0.1) is 17.6 Å². The van der Waals surface area contributed by atoms with Gasteiger partial charge in [-0.2, -0.15) is 5.26 Å². The van der Waals surface area contributed by atoms with Crippen molar-refractivity contribution in [3.05, 3.63) is 64.0 Å². The molecule has 3 unspecified atom stereocenters. The van der Waals surface area contributed by atoms with E-state index in [1.807, 2.05) is 59.8 Å². The molecule has 7 heteroatoms. The third-order valence-corrected chi connectivity index (χ3v) is 5.95. The number of anilines is 1. The number of Topliss-reactive ketones (excluding diaryl/α,β-unsaturated/α-hetero) is 1. The number of carbonyl (C=O) groups excluding carboxylic acids is 2. The number of ketones is 1. The van der Waals surface area contributed by atoms with Gasteiger partial charge >= 0.3 is 0 Å². The Balaban J connectivity index is 0.00000222. The van der Waals surface area contributed by atoms with Crippen molar-refractivity contribution in [2.75, 3.05) is 5.32 Å². The Labute approximate surface area is 214 Å². The van der Waals surface area contributed by atoms with Crippen molar-refractivity contribution in [2.24, 2.45) is 5.92 Å². The molecule has 1 aliphatic carbocycles. The van der Waals surface area contributed by atoms with E-state index in [0.717, 1.165) is 34.3 Å². The van der Waals surface area contributed by atoms with Gasteiger partial charge in [0, 0.05) is 30.0 Å². The van der Waals surface area contributed by atoms with Gasteiger partial charge in [-0.05, 0) is 62.0 Å². The summed E-state index contributed by atoms with van der Waals surface area (Å²) in [4.78, 5) is 28.7. The van der Waals surface area contributed by atoms with E-state index in [9.17, 15) is 19.2 Å². The average Bonchev–Trinajstić information content (AvgIpc) is 3.61. The number of alkyl halides is 1. The summed E-state index contributed by atoms with van der Waals surface area (Å²) < 4.78 is 13.1. The number of rotatable bonds is 9. The molecule has 0 bridgehead atoms. The van der Waals surface area contributed by atoms with E-state index in [-0.39, 0.29) is 24.2 Å². The van der Waals surface area contributed by atoms with E-state index in [4.69, 9.17) is 0 Å². The highest BCUT2D eigenvalue weighted by molar-refractivity contribution is 5.94. The van der Waals surface area contributed by atoms with E-state index < -0.39 is 12.1 Å². The second kappa shape index (κ2) is 13.5.